The number of carbonyl (C=O) groups excluding carboxylic acids is 1. The highest BCUT2D eigenvalue weighted by Gasteiger charge is 2.03. The van der Waals surface area contributed by atoms with Gasteiger partial charge in [0, 0.05) is 6.92 Å². The Kier molecular flexibility index (Phi) is 5.84. The summed E-state index contributed by atoms with van der Waals surface area (Å²) in [4.78, 5) is 14.0. The van der Waals surface area contributed by atoms with Crippen molar-refractivity contribution >= 4 is 30.7 Å². The maximum absolute atomic E-state index is 10.3. The van der Waals surface area contributed by atoms with Crippen molar-refractivity contribution in [2.75, 3.05) is 0 Å². The van der Waals surface area contributed by atoms with Crippen LogP contribution in [0.1, 0.15) is 16.4 Å². The van der Waals surface area contributed by atoms with Crippen molar-refractivity contribution in [3.8, 4) is 0 Å². The van der Waals surface area contributed by atoms with Gasteiger partial charge in [-0.2, -0.15) is 0 Å². The first-order valence-electron chi connectivity index (χ1n) is 2.42. The number of halogens is 2. The number of nitrogens with two attached hydrogens (primary N) is 1. The number of nitrogens with zero attached hydrogens (tertiary/aromatic N) is 1. The predicted molar refractivity (Wildman–Crippen MR) is 44.3 cm³/mol. The van der Waals surface area contributed by atoms with Gasteiger partial charge in [-0.3, -0.25) is 4.79 Å². The summed E-state index contributed by atoms with van der Waals surface area (Å²) in [5.74, 6) is -0.115. The van der Waals surface area contributed by atoms with Gasteiger partial charge in [-0.1, -0.05) is 0 Å². The minimum absolute atomic E-state index is 0. The van der Waals surface area contributed by atoms with E-state index in [1.54, 1.807) is 6.92 Å². The Morgan fingerprint density at radius 3 is 2.36 bits per heavy atom. The molecule has 1 rings (SSSR count). The highest BCUT2D eigenvalue weighted by Crippen LogP contribution is 1.97. The summed E-state index contributed by atoms with van der Waals surface area (Å²) < 4.78 is 4.71. The molecule has 2 N–H and O–H groups in total. The molecule has 0 aliphatic heterocycles. The Balaban J connectivity index is 0. The number of hydrogen-bond acceptors (Lipinski definition) is 3. The van der Waals surface area contributed by atoms with E-state index in [4.69, 9.17) is 10.2 Å². The summed E-state index contributed by atoms with van der Waals surface area (Å²) >= 11 is 0. The van der Waals surface area contributed by atoms with E-state index in [0.717, 1.165) is 0 Å². The molecular weight excluding hydrogens is 191 g/mol. The highest BCUT2D eigenvalue weighted by molar-refractivity contribution is 5.90. The molecule has 11 heavy (non-hydrogen) atoms. The molecule has 0 bridgehead atoms. The summed E-state index contributed by atoms with van der Waals surface area (Å²) in [6.45, 7) is 1.65. The van der Waals surface area contributed by atoms with Crippen LogP contribution in [0.3, 0.4) is 0 Å². The highest BCUT2D eigenvalue weighted by atomic mass is 35.5. The van der Waals surface area contributed by atoms with Gasteiger partial charge in [-0.25, -0.2) is 4.98 Å². The van der Waals surface area contributed by atoms with Gasteiger partial charge in [0.25, 0.3) is 5.91 Å². The molecule has 0 saturated carbocycles. The molecule has 0 unspecified atom stereocenters. The minimum Gasteiger partial charge on any atom is -0.448 e. The largest absolute Gasteiger partial charge is 0.448 e. The van der Waals surface area contributed by atoms with Crippen LogP contribution in [0.15, 0.2) is 10.7 Å². The van der Waals surface area contributed by atoms with Crippen LogP contribution in [0.2, 0.25) is 0 Å². The van der Waals surface area contributed by atoms with Gasteiger partial charge in [-0.05, 0) is 0 Å². The molecule has 0 atom stereocenters. The molecule has 0 aliphatic rings. The maximum atomic E-state index is 10.3. The molecule has 0 aromatic carbocycles. The molecule has 1 heterocycles. The molecule has 1 amide bonds. The van der Waals surface area contributed by atoms with Crippen molar-refractivity contribution in [2.45, 2.75) is 6.92 Å². The SMILES string of the molecule is Cc1nc(C(N)=O)co1.Cl.Cl. The summed E-state index contributed by atoms with van der Waals surface area (Å²) in [7, 11) is 0. The lowest BCUT2D eigenvalue weighted by molar-refractivity contribution is 0.0995. The zero-order valence-electron chi connectivity index (χ0n) is 5.73. The number of aromatic nitrogens is 1. The monoisotopic (exact) mass is 198 g/mol. The minimum atomic E-state index is -0.563. The van der Waals surface area contributed by atoms with E-state index in [2.05, 4.69) is 4.98 Å². The molecule has 0 spiro atoms. The Hall–Kier alpha value is -0.740. The van der Waals surface area contributed by atoms with Crippen LogP contribution in [0.4, 0.5) is 0 Å². The van der Waals surface area contributed by atoms with E-state index in [0.29, 0.717) is 5.89 Å². The number of rotatable bonds is 1. The van der Waals surface area contributed by atoms with Gasteiger partial charge in [0.05, 0.1) is 0 Å². The third-order valence-corrected chi connectivity index (χ3v) is 0.871. The molecule has 1 aromatic heterocycles. The summed E-state index contributed by atoms with van der Waals surface area (Å²) in [5.41, 5.74) is 5.04. The molecule has 6 heteroatoms. The first-order chi connectivity index (χ1) is 4.20. The van der Waals surface area contributed by atoms with Gasteiger partial charge in [0.1, 0.15) is 6.26 Å². The van der Waals surface area contributed by atoms with Crippen LogP contribution in [-0.4, -0.2) is 10.9 Å². The lowest BCUT2D eigenvalue weighted by atomic mass is 10.5. The van der Waals surface area contributed by atoms with E-state index < -0.39 is 5.91 Å². The zero-order valence-corrected chi connectivity index (χ0v) is 7.37. The smallest absolute Gasteiger partial charge is 0.270 e. The first kappa shape index (κ1) is 12.9. The van der Waals surface area contributed by atoms with E-state index in [1.807, 2.05) is 0 Å². The topological polar surface area (TPSA) is 69.1 Å². The Morgan fingerprint density at radius 1 is 1.64 bits per heavy atom. The Morgan fingerprint density at radius 2 is 2.18 bits per heavy atom. The van der Waals surface area contributed by atoms with Gasteiger partial charge < -0.3 is 10.2 Å². The average molecular weight is 199 g/mol. The lowest BCUT2D eigenvalue weighted by Crippen LogP contribution is -2.10. The van der Waals surface area contributed by atoms with Crippen molar-refractivity contribution < 1.29 is 9.21 Å². The molecule has 0 radical (unpaired) electrons. The summed E-state index contributed by atoms with van der Waals surface area (Å²) in [6, 6.07) is 0. The second kappa shape index (κ2) is 4.98. The van der Waals surface area contributed by atoms with Gasteiger partial charge >= 0.3 is 0 Å². The lowest BCUT2D eigenvalue weighted by Gasteiger charge is -1.78. The predicted octanol–water partition coefficient (Wildman–Crippen LogP) is 0.926. The summed E-state index contributed by atoms with van der Waals surface area (Å²) in [5, 5.41) is 0. The van der Waals surface area contributed by atoms with Crippen molar-refractivity contribution in [1.29, 1.82) is 0 Å². The third kappa shape index (κ3) is 3.25. The Labute approximate surface area is 76.0 Å². The van der Waals surface area contributed by atoms with E-state index >= 15 is 0 Å². The van der Waals surface area contributed by atoms with Gasteiger partial charge in [0.2, 0.25) is 0 Å². The number of primary amides is 1. The number of amides is 1. The number of oxazole rings is 1. The fourth-order valence-electron chi connectivity index (χ4n) is 0.477. The zero-order chi connectivity index (χ0) is 6.85. The summed E-state index contributed by atoms with van der Waals surface area (Å²) in [6.07, 6.45) is 1.23. The van der Waals surface area contributed by atoms with Crippen LogP contribution in [0.25, 0.3) is 0 Å². The van der Waals surface area contributed by atoms with Gasteiger partial charge in [0.15, 0.2) is 11.6 Å². The van der Waals surface area contributed by atoms with Crippen molar-refractivity contribution in [3.63, 3.8) is 0 Å². The molecule has 64 valence electrons. The standard InChI is InChI=1S/C5H6N2O2.2ClH/c1-3-7-4(2-9-3)5(6)8;;/h2H,1H3,(H2,6,8);2*1H. The fraction of sp³-hybridized carbons (Fsp3) is 0.200. The van der Waals surface area contributed by atoms with Crippen LogP contribution in [-0.2, 0) is 0 Å². The Bertz CT molecular complexity index is 236. The first-order valence-corrected chi connectivity index (χ1v) is 2.42. The second-order valence-electron chi connectivity index (χ2n) is 1.62. The maximum Gasteiger partial charge on any atom is 0.270 e. The normalized spacial score (nSPS) is 7.73. The molecule has 0 aliphatic carbocycles. The second-order valence-corrected chi connectivity index (χ2v) is 1.62. The number of hydrogen-bond donors (Lipinski definition) is 1. The number of aryl methyl sites for hydroxylation is 1. The van der Waals surface area contributed by atoms with E-state index in [1.165, 1.54) is 6.26 Å². The molecule has 0 fully saturated rings. The van der Waals surface area contributed by atoms with Crippen LogP contribution in [0, 0.1) is 6.92 Å². The van der Waals surface area contributed by atoms with Crippen molar-refractivity contribution in [2.24, 2.45) is 5.73 Å². The van der Waals surface area contributed by atoms with E-state index in [-0.39, 0.29) is 30.5 Å². The van der Waals surface area contributed by atoms with Crippen LogP contribution in [0.5, 0.6) is 0 Å². The van der Waals surface area contributed by atoms with Crippen LogP contribution < -0.4 is 5.73 Å². The number of carbonyl (C=O) groups is 1. The molecule has 1 aromatic rings. The quantitative estimate of drug-likeness (QED) is 0.731. The molecular formula is C5H8Cl2N2O2. The molecule has 4 nitrogen and oxygen atoms in total. The third-order valence-electron chi connectivity index (χ3n) is 0.871. The van der Waals surface area contributed by atoms with Crippen molar-refractivity contribution in [3.05, 3.63) is 17.8 Å². The van der Waals surface area contributed by atoms with Gasteiger partial charge in [-0.15, -0.1) is 24.8 Å². The van der Waals surface area contributed by atoms with E-state index in [9.17, 15) is 4.79 Å². The average Bonchev–Trinajstić information content (AvgIpc) is 2.14. The van der Waals surface area contributed by atoms with Crippen LogP contribution >= 0.6 is 24.8 Å². The van der Waals surface area contributed by atoms with Crippen molar-refractivity contribution in [1.82, 2.24) is 4.98 Å². The fourth-order valence-corrected chi connectivity index (χ4v) is 0.477. The molecule has 0 saturated heterocycles.